The Morgan fingerprint density at radius 3 is 2.45 bits per heavy atom. The van der Waals surface area contributed by atoms with E-state index in [1.54, 1.807) is 6.07 Å². The summed E-state index contributed by atoms with van der Waals surface area (Å²) in [6.07, 6.45) is 5.04. The lowest BCUT2D eigenvalue weighted by atomic mass is 10.0. The number of rotatable bonds is 6. The lowest BCUT2D eigenvalue weighted by Gasteiger charge is -2.17. The molecule has 3 nitrogen and oxygen atoms in total. The van der Waals surface area contributed by atoms with Crippen molar-refractivity contribution in [2.75, 3.05) is 6.54 Å². The zero-order valence-corrected chi connectivity index (χ0v) is 13.2. The summed E-state index contributed by atoms with van der Waals surface area (Å²) in [5.74, 6) is 0. The zero-order valence-electron chi connectivity index (χ0n) is 11.7. The van der Waals surface area contributed by atoms with Crippen LogP contribution in [0.4, 0.5) is 0 Å². The lowest BCUT2D eigenvalue weighted by Crippen LogP contribution is -2.21. The van der Waals surface area contributed by atoms with Crippen LogP contribution in [-0.2, 0) is 6.54 Å². The van der Waals surface area contributed by atoms with Crippen LogP contribution in [0.25, 0.3) is 0 Å². The average Bonchev–Trinajstić information content (AvgIpc) is 2.83. The van der Waals surface area contributed by atoms with Gasteiger partial charge < -0.3 is 5.32 Å². The molecule has 1 N–H and O–H groups in total. The molecule has 2 aromatic rings. The van der Waals surface area contributed by atoms with Crippen molar-refractivity contribution in [3.05, 3.63) is 51.8 Å². The van der Waals surface area contributed by atoms with Crippen molar-refractivity contribution in [1.29, 1.82) is 0 Å². The van der Waals surface area contributed by atoms with Crippen LogP contribution in [-0.4, -0.2) is 16.3 Å². The smallest absolute Gasteiger partial charge is 0.0608 e. The molecule has 0 saturated carbocycles. The van der Waals surface area contributed by atoms with E-state index in [1.165, 1.54) is 0 Å². The molecule has 0 bridgehead atoms. The third-order valence-corrected chi connectivity index (χ3v) is 3.50. The van der Waals surface area contributed by atoms with Gasteiger partial charge in [0, 0.05) is 28.4 Å². The molecule has 1 heterocycles. The monoisotopic (exact) mass is 311 g/mol. The molecule has 0 radical (unpaired) electrons. The molecule has 108 valence electrons. The Labute approximate surface area is 129 Å². The fraction of sp³-hybridized carbons (Fsp3) is 0.400. The SMILES string of the molecule is CCCn1cc(C(NCC)c2cc(Cl)cc(Cl)c2)cn1. The fourth-order valence-electron chi connectivity index (χ4n) is 2.25. The molecule has 0 spiro atoms. The van der Waals surface area contributed by atoms with Crippen LogP contribution in [0.3, 0.4) is 0 Å². The lowest BCUT2D eigenvalue weighted by molar-refractivity contribution is 0.597. The third kappa shape index (κ3) is 3.75. The van der Waals surface area contributed by atoms with Crippen molar-refractivity contribution in [3.63, 3.8) is 0 Å². The van der Waals surface area contributed by atoms with Gasteiger partial charge >= 0.3 is 0 Å². The Balaban J connectivity index is 2.33. The summed E-state index contributed by atoms with van der Waals surface area (Å²) in [5, 5.41) is 9.14. The van der Waals surface area contributed by atoms with Crippen molar-refractivity contribution >= 4 is 23.2 Å². The quantitative estimate of drug-likeness (QED) is 0.862. The van der Waals surface area contributed by atoms with Crippen molar-refractivity contribution in [3.8, 4) is 0 Å². The molecule has 0 aliphatic heterocycles. The number of halogens is 2. The second-order valence-electron chi connectivity index (χ2n) is 4.73. The number of aryl methyl sites for hydroxylation is 1. The molecule has 1 unspecified atom stereocenters. The molecule has 5 heteroatoms. The van der Waals surface area contributed by atoms with E-state index in [9.17, 15) is 0 Å². The molecule has 0 aliphatic rings. The molecule has 1 atom stereocenters. The maximum Gasteiger partial charge on any atom is 0.0608 e. The minimum absolute atomic E-state index is 0.0572. The van der Waals surface area contributed by atoms with Crippen LogP contribution < -0.4 is 5.32 Å². The summed E-state index contributed by atoms with van der Waals surface area (Å²) < 4.78 is 1.96. The van der Waals surface area contributed by atoms with Crippen LogP contribution in [0.2, 0.25) is 10.0 Å². The van der Waals surface area contributed by atoms with Crippen LogP contribution in [0, 0.1) is 0 Å². The first-order chi connectivity index (χ1) is 9.63. The van der Waals surface area contributed by atoms with Gasteiger partial charge in [-0.15, -0.1) is 0 Å². The molecule has 0 aliphatic carbocycles. The van der Waals surface area contributed by atoms with E-state index in [0.717, 1.165) is 30.6 Å². The summed E-state index contributed by atoms with van der Waals surface area (Å²) in [5.41, 5.74) is 2.18. The Morgan fingerprint density at radius 1 is 1.15 bits per heavy atom. The second kappa shape index (κ2) is 7.11. The first-order valence-corrected chi connectivity index (χ1v) is 7.61. The highest BCUT2D eigenvalue weighted by molar-refractivity contribution is 6.34. The first kappa shape index (κ1) is 15.4. The van der Waals surface area contributed by atoms with E-state index in [2.05, 4.69) is 30.5 Å². The van der Waals surface area contributed by atoms with Gasteiger partial charge in [-0.1, -0.05) is 37.0 Å². The van der Waals surface area contributed by atoms with E-state index < -0.39 is 0 Å². The number of nitrogens with one attached hydrogen (secondary N) is 1. The molecular weight excluding hydrogens is 293 g/mol. The van der Waals surface area contributed by atoms with Gasteiger partial charge in [0.1, 0.15) is 0 Å². The summed E-state index contributed by atoms with van der Waals surface area (Å²) in [4.78, 5) is 0. The summed E-state index contributed by atoms with van der Waals surface area (Å²) in [6.45, 7) is 6.00. The Morgan fingerprint density at radius 2 is 1.85 bits per heavy atom. The maximum atomic E-state index is 6.10. The Kier molecular flexibility index (Phi) is 5.46. The van der Waals surface area contributed by atoms with Crippen LogP contribution >= 0.6 is 23.2 Å². The zero-order chi connectivity index (χ0) is 14.5. The van der Waals surface area contributed by atoms with Gasteiger partial charge in [-0.05, 0) is 36.7 Å². The van der Waals surface area contributed by atoms with Gasteiger partial charge in [0.05, 0.1) is 12.2 Å². The molecule has 1 aromatic carbocycles. The second-order valence-corrected chi connectivity index (χ2v) is 5.60. The molecule has 0 amide bonds. The number of nitrogens with zero attached hydrogens (tertiary/aromatic N) is 2. The van der Waals surface area contributed by atoms with E-state index >= 15 is 0 Å². The summed E-state index contributed by atoms with van der Waals surface area (Å²) >= 11 is 12.2. The van der Waals surface area contributed by atoms with Gasteiger partial charge in [0.15, 0.2) is 0 Å². The molecule has 0 saturated heterocycles. The topological polar surface area (TPSA) is 29.9 Å². The highest BCUT2D eigenvalue weighted by Gasteiger charge is 2.16. The van der Waals surface area contributed by atoms with Gasteiger partial charge in [-0.3, -0.25) is 4.68 Å². The van der Waals surface area contributed by atoms with E-state index in [4.69, 9.17) is 23.2 Å². The predicted octanol–water partition coefficient (Wildman–Crippen LogP) is 4.30. The normalized spacial score (nSPS) is 12.6. The van der Waals surface area contributed by atoms with Gasteiger partial charge in [0.2, 0.25) is 0 Å². The highest BCUT2D eigenvalue weighted by atomic mass is 35.5. The standard InChI is InChI=1S/C15H19Cl2N3/c1-3-5-20-10-12(9-19-20)15(18-4-2)11-6-13(16)8-14(17)7-11/h6-10,15,18H,3-5H2,1-2H3. The van der Waals surface area contributed by atoms with Crippen molar-refractivity contribution in [2.24, 2.45) is 0 Å². The molecule has 1 aromatic heterocycles. The first-order valence-electron chi connectivity index (χ1n) is 6.85. The fourth-order valence-corrected chi connectivity index (χ4v) is 2.80. The van der Waals surface area contributed by atoms with E-state index in [1.807, 2.05) is 23.0 Å². The molecule has 2 rings (SSSR count). The molecule has 0 fully saturated rings. The van der Waals surface area contributed by atoms with E-state index in [-0.39, 0.29) is 6.04 Å². The number of benzene rings is 1. The Hall–Kier alpha value is -1.03. The summed E-state index contributed by atoms with van der Waals surface area (Å²) in [6, 6.07) is 5.69. The average molecular weight is 312 g/mol. The highest BCUT2D eigenvalue weighted by Crippen LogP contribution is 2.27. The van der Waals surface area contributed by atoms with Gasteiger partial charge in [-0.2, -0.15) is 5.10 Å². The van der Waals surface area contributed by atoms with Crippen molar-refractivity contribution in [1.82, 2.24) is 15.1 Å². The molecule has 20 heavy (non-hydrogen) atoms. The van der Waals surface area contributed by atoms with Gasteiger partial charge in [-0.25, -0.2) is 0 Å². The number of aromatic nitrogens is 2. The Bertz CT molecular complexity index is 546. The number of hydrogen-bond acceptors (Lipinski definition) is 2. The van der Waals surface area contributed by atoms with Crippen LogP contribution in [0.1, 0.15) is 37.4 Å². The predicted molar refractivity (Wildman–Crippen MR) is 84.5 cm³/mol. The maximum absolute atomic E-state index is 6.10. The number of hydrogen-bond donors (Lipinski definition) is 1. The minimum Gasteiger partial charge on any atom is -0.306 e. The van der Waals surface area contributed by atoms with Crippen molar-refractivity contribution < 1.29 is 0 Å². The van der Waals surface area contributed by atoms with E-state index in [0.29, 0.717) is 10.0 Å². The third-order valence-electron chi connectivity index (χ3n) is 3.07. The van der Waals surface area contributed by atoms with Crippen molar-refractivity contribution in [2.45, 2.75) is 32.9 Å². The molecular formula is C15H19Cl2N3. The van der Waals surface area contributed by atoms with Crippen LogP contribution in [0.5, 0.6) is 0 Å². The van der Waals surface area contributed by atoms with Gasteiger partial charge in [0.25, 0.3) is 0 Å². The van der Waals surface area contributed by atoms with Crippen LogP contribution in [0.15, 0.2) is 30.6 Å². The summed E-state index contributed by atoms with van der Waals surface area (Å²) in [7, 11) is 0. The largest absolute Gasteiger partial charge is 0.306 e. The minimum atomic E-state index is 0.0572.